The molecule has 14 heavy (non-hydrogen) atoms. The number of carbonyl (C=O) groups excluding carboxylic acids is 1. The Hall–Kier alpha value is -1.09. The van der Waals surface area contributed by atoms with Crippen molar-refractivity contribution in [1.29, 1.82) is 0 Å². The Morgan fingerprint density at radius 1 is 1.57 bits per heavy atom. The Morgan fingerprint density at radius 3 is 2.93 bits per heavy atom. The fraction of sp³-hybridized carbons (Fsp3) is 0.300. The van der Waals surface area contributed by atoms with Crippen LogP contribution in [0.4, 0.5) is 10.1 Å². The molecule has 1 rings (SSSR count). The lowest BCUT2D eigenvalue weighted by Crippen LogP contribution is -2.12. The quantitative estimate of drug-likeness (QED) is 0.772. The summed E-state index contributed by atoms with van der Waals surface area (Å²) in [5.41, 5.74) is 0.940. The van der Waals surface area contributed by atoms with E-state index in [2.05, 4.69) is 5.32 Å². The summed E-state index contributed by atoms with van der Waals surface area (Å²) in [6, 6.07) is 4.57. The zero-order valence-corrected chi connectivity index (χ0v) is 8.57. The number of anilines is 1. The third-order valence-electron chi connectivity index (χ3n) is 1.86. The molecular formula is C10H11ClFNO. The molecule has 0 spiro atoms. The smallest absolute Gasteiger partial charge is 0.225 e. The molecule has 0 saturated heterocycles. The largest absolute Gasteiger partial charge is 0.326 e. The van der Waals surface area contributed by atoms with E-state index in [9.17, 15) is 9.18 Å². The zero-order valence-electron chi connectivity index (χ0n) is 7.81. The number of amides is 1. The highest BCUT2D eigenvalue weighted by Gasteiger charge is 2.06. The van der Waals surface area contributed by atoms with Gasteiger partial charge in [0.1, 0.15) is 5.82 Å². The van der Waals surface area contributed by atoms with E-state index in [0.717, 1.165) is 0 Å². The molecule has 0 bridgehead atoms. The highest BCUT2D eigenvalue weighted by molar-refractivity contribution is 6.19. The second-order valence-electron chi connectivity index (χ2n) is 2.90. The fourth-order valence-electron chi connectivity index (χ4n) is 1.04. The Bertz CT molecular complexity index is 341. The van der Waals surface area contributed by atoms with Crippen molar-refractivity contribution in [3.63, 3.8) is 0 Å². The van der Waals surface area contributed by atoms with E-state index < -0.39 is 0 Å². The maximum Gasteiger partial charge on any atom is 0.225 e. The van der Waals surface area contributed by atoms with Crippen LogP contribution in [0.25, 0.3) is 0 Å². The molecule has 1 N–H and O–H groups in total. The molecule has 4 heteroatoms. The van der Waals surface area contributed by atoms with Gasteiger partial charge in [-0.05, 0) is 19.1 Å². The third-order valence-corrected chi connectivity index (χ3v) is 2.05. The molecule has 0 fully saturated rings. The molecule has 2 nitrogen and oxygen atoms in total. The van der Waals surface area contributed by atoms with E-state index in [1.165, 1.54) is 6.07 Å². The summed E-state index contributed by atoms with van der Waals surface area (Å²) < 4.78 is 13.0. The van der Waals surface area contributed by atoms with Crippen molar-refractivity contribution in [1.82, 2.24) is 0 Å². The lowest BCUT2D eigenvalue weighted by molar-refractivity contribution is -0.115. The highest BCUT2D eigenvalue weighted by Crippen LogP contribution is 2.17. The van der Waals surface area contributed by atoms with Gasteiger partial charge in [-0.2, -0.15) is 0 Å². The second kappa shape index (κ2) is 4.96. The average molecular weight is 216 g/mol. The standard InChI is InChI=1S/C10H11ClFNO/c1-7-8(12)3-2-4-9(7)13-10(14)5-6-11/h2-4H,5-6H2,1H3,(H,13,14). The van der Waals surface area contributed by atoms with Gasteiger partial charge in [0.25, 0.3) is 0 Å². The first-order valence-corrected chi connectivity index (χ1v) is 4.79. The lowest BCUT2D eigenvalue weighted by Gasteiger charge is -2.07. The van der Waals surface area contributed by atoms with Crippen LogP contribution in [-0.2, 0) is 4.79 Å². The first kappa shape index (κ1) is 11.0. The van der Waals surface area contributed by atoms with Crippen LogP contribution < -0.4 is 5.32 Å². The highest BCUT2D eigenvalue weighted by atomic mass is 35.5. The van der Waals surface area contributed by atoms with E-state index in [1.807, 2.05) is 0 Å². The van der Waals surface area contributed by atoms with Crippen LogP contribution in [0.3, 0.4) is 0 Å². The summed E-state index contributed by atoms with van der Waals surface area (Å²) in [6.07, 6.45) is 0.234. The molecule has 0 aliphatic carbocycles. The van der Waals surface area contributed by atoms with E-state index in [1.54, 1.807) is 19.1 Å². The van der Waals surface area contributed by atoms with Crippen molar-refractivity contribution in [2.24, 2.45) is 0 Å². The normalized spacial score (nSPS) is 9.93. The van der Waals surface area contributed by atoms with E-state index >= 15 is 0 Å². The van der Waals surface area contributed by atoms with Gasteiger partial charge in [0.05, 0.1) is 0 Å². The number of benzene rings is 1. The van der Waals surface area contributed by atoms with Gasteiger partial charge in [-0.3, -0.25) is 4.79 Å². The summed E-state index contributed by atoms with van der Waals surface area (Å²) >= 11 is 5.40. The summed E-state index contributed by atoms with van der Waals surface area (Å²) in [5.74, 6) is -0.261. The second-order valence-corrected chi connectivity index (χ2v) is 3.28. The van der Waals surface area contributed by atoms with E-state index in [-0.39, 0.29) is 24.0 Å². The van der Waals surface area contributed by atoms with Crippen LogP contribution in [0.1, 0.15) is 12.0 Å². The molecule has 0 atom stereocenters. The maximum absolute atomic E-state index is 13.0. The molecule has 0 aliphatic rings. The van der Waals surface area contributed by atoms with Gasteiger partial charge in [0.15, 0.2) is 0 Å². The number of rotatable bonds is 3. The molecule has 1 aromatic carbocycles. The molecular weight excluding hydrogens is 205 g/mol. The van der Waals surface area contributed by atoms with Crippen LogP contribution >= 0.6 is 11.6 Å². The van der Waals surface area contributed by atoms with Crippen LogP contribution in [0.5, 0.6) is 0 Å². The lowest BCUT2D eigenvalue weighted by atomic mass is 10.2. The number of hydrogen-bond acceptors (Lipinski definition) is 1. The first-order valence-electron chi connectivity index (χ1n) is 4.26. The average Bonchev–Trinajstić information content (AvgIpc) is 2.13. The molecule has 1 amide bonds. The predicted octanol–water partition coefficient (Wildman–Crippen LogP) is 2.70. The molecule has 0 radical (unpaired) electrons. The molecule has 0 aromatic heterocycles. The molecule has 1 aromatic rings. The Labute approximate surface area is 87.1 Å². The number of carbonyl (C=O) groups is 1. The van der Waals surface area contributed by atoms with Crippen LogP contribution in [0.15, 0.2) is 18.2 Å². The molecule has 0 saturated carbocycles. The van der Waals surface area contributed by atoms with Crippen LogP contribution in [0, 0.1) is 12.7 Å². The third kappa shape index (κ3) is 2.70. The zero-order chi connectivity index (χ0) is 10.6. The van der Waals surface area contributed by atoms with Gasteiger partial charge in [0.2, 0.25) is 5.91 Å². The predicted molar refractivity (Wildman–Crippen MR) is 55.1 cm³/mol. The van der Waals surface area contributed by atoms with Gasteiger partial charge < -0.3 is 5.32 Å². The van der Waals surface area contributed by atoms with Crippen molar-refractivity contribution in [3.05, 3.63) is 29.6 Å². The SMILES string of the molecule is Cc1c(F)cccc1NC(=O)CCCl. The number of hydrogen-bond donors (Lipinski definition) is 1. The van der Waals surface area contributed by atoms with Crippen molar-refractivity contribution < 1.29 is 9.18 Å². The van der Waals surface area contributed by atoms with Gasteiger partial charge >= 0.3 is 0 Å². The van der Waals surface area contributed by atoms with E-state index in [0.29, 0.717) is 11.3 Å². The fourth-order valence-corrected chi connectivity index (χ4v) is 1.21. The topological polar surface area (TPSA) is 29.1 Å². The monoisotopic (exact) mass is 215 g/mol. The summed E-state index contributed by atoms with van der Waals surface area (Å²) in [7, 11) is 0. The molecule has 0 aliphatic heterocycles. The van der Waals surface area contributed by atoms with Crippen LogP contribution in [0.2, 0.25) is 0 Å². The van der Waals surface area contributed by atoms with Crippen molar-refractivity contribution in [2.75, 3.05) is 11.2 Å². The van der Waals surface area contributed by atoms with Gasteiger partial charge in [-0.25, -0.2) is 4.39 Å². The van der Waals surface area contributed by atoms with Crippen LogP contribution in [-0.4, -0.2) is 11.8 Å². The minimum Gasteiger partial charge on any atom is -0.326 e. The molecule has 0 unspecified atom stereocenters. The number of alkyl halides is 1. The Morgan fingerprint density at radius 2 is 2.29 bits per heavy atom. The molecule has 76 valence electrons. The van der Waals surface area contributed by atoms with Gasteiger partial charge in [0, 0.05) is 23.6 Å². The Balaban J connectivity index is 2.76. The van der Waals surface area contributed by atoms with Crippen molar-refractivity contribution in [2.45, 2.75) is 13.3 Å². The van der Waals surface area contributed by atoms with E-state index in [4.69, 9.17) is 11.6 Å². The van der Waals surface area contributed by atoms with Crippen molar-refractivity contribution in [3.8, 4) is 0 Å². The minimum absolute atomic E-state index is 0.200. The first-order chi connectivity index (χ1) is 6.65. The minimum atomic E-state index is -0.325. The van der Waals surface area contributed by atoms with Gasteiger partial charge in [-0.15, -0.1) is 11.6 Å². The van der Waals surface area contributed by atoms with Gasteiger partial charge in [-0.1, -0.05) is 6.07 Å². The number of nitrogens with one attached hydrogen (secondary N) is 1. The number of halogens is 2. The Kier molecular flexibility index (Phi) is 3.89. The molecule has 0 heterocycles. The van der Waals surface area contributed by atoms with Crippen molar-refractivity contribution >= 4 is 23.2 Å². The summed E-state index contributed by atoms with van der Waals surface area (Å²) in [5, 5.41) is 2.59. The maximum atomic E-state index is 13.0. The summed E-state index contributed by atoms with van der Waals surface area (Å²) in [6.45, 7) is 1.62. The summed E-state index contributed by atoms with van der Waals surface area (Å²) in [4.78, 5) is 11.2.